The first kappa shape index (κ1) is 21.1. The molecular weight excluding hydrogens is 400 g/mol. The molecule has 0 radical (unpaired) electrons. The molecule has 0 unspecified atom stereocenters. The number of ether oxygens (including phenoxy) is 1. The number of rotatable bonds is 7. The van der Waals surface area contributed by atoms with Crippen LogP contribution in [-0.4, -0.2) is 74.5 Å². The van der Waals surface area contributed by atoms with Crippen LogP contribution in [0.5, 0.6) is 5.75 Å². The third kappa shape index (κ3) is 4.35. The van der Waals surface area contributed by atoms with E-state index in [-0.39, 0.29) is 18.7 Å². The van der Waals surface area contributed by atoms with Crippen LogP contribution in [0.25, 0.3) is 11.2 Å². The second-order valence-electron chi connectivity index (χ2n) is 7.71. The van der Waals surface area contributed by atoms with Crippen molar-refractivity contribution in [2.24, 2.45) is 7.05 Å². The van der Waals surface area contributed by atoms with Gasteiger partial charge in [0, 0.05) is 33.2 Å². The molecule has 4 rings (SSSR count). The van der Waals surface area contributed by atoms with Crippen molar-refractivity contribution in [2.75, 3.05) is 44.2 Å². The lowest BCUT2D eigenvalue weighted by molar-refractivity contribution is 0.0935. The van der Waals surface area contributed by atoms with Gasteiger partial charge in [0.1, 0.15) is 18.5 Å². The van der Waals surface area contributed by atoms with Crippen molar-refractivity contribution in [1.29, 1.82) is 0 Å². The predicted octanol–water partition coefficient (Wildman–Crippen LogP) is 0.00510. The van der Waals surface area contributed by atoms with Gasteiger partial charge in [-0.1, -0.05) is 25.1 Å². The second kappa shape index (κ2) is 8.94. The van der Waals surface area contributed by atoms with Gasteiger partial charge in [-0.15, -0.1) is 0 Å². The van der Waals surface area contributed by atoms with Crippen molar-refractivity contribution in [3.8, 4) is 5.75 Å². The Morgan fingerprint density at radius 1 is 1.16 bits per heavy atom. The number of aliphatic hydroxyl groups is 1. The Kier molecular flexibility index (Phi) is 6.10. The molecule has 0 aliphatic carbocycles. The highest BCUT2D eigenvalue weighted by Crippen LogP contribution is 2.21. The van der Waals surface area contributed by atoms with Gasteiger partial charge in [0.25, 0.3) is 5.56 Å². The summed E-state index contributed by atoms with van der Waals surface area (Å²) in [6.07, 6.45) is -0.870. The minimum Gasteiger partial charge on any atom is -0.491 e. The fraction of sp³-hybridized carbons (Fsp3) is 0.476. The van der Waals surface area contributed by atoms with Gasteiger partial charge >= 0.3 is 5.69 Å². The maximum absolute atomic E-state index is 12.7. The lowest BCUT2D eigenvalue weighted by Gasteiger charge is -2.35. The summed E-state index contributed by atoms with van der Waals surface area (Å²) in [5.41, 5.74) is -0.454. The number of imidazole rings is 1. The number of aromatic amines is 1. The summed E-state index contributed by atoms with van der Waals surface area (Å²) in [5, 5.41) is 10.7. The fourth-order valence-corrected chi connectivity index (χ4v) is 3.87. The topological polar surface area (TPSA) is 109 Å². The van der Waals surface area contributed by atoms with Gasteiger partial charge in [-0.2, -0.15) is 4.98 Å². The van der Waals surface area contributed by atoms with Crippen molar-refractivity contribution >= 4 is 17.1 Å². The average molecular weight is 428 g/mol. The van der Waals surface area contributed by atoms with Gasteiger partial charge < -0.3 is 24.2 Å². The van der Waals surface area contributed by atoms with Crippen LogP contribution in [0.3, 0.4) is 0 Å². The van der Waals surface area contributed by atoms with E-state index in [2.05, 4.69) is 26.7 Å². The summed E-state index contributed by atoms with van der Waals surface area (Å²) in [5.74, 6) is 1.24. The lowest BCUT2D eigenvalue weighted by atomic mass is 10.3. The molecule has 3 aromatic rings. The molecule has 1 aromatic carbocycles. The standard InChI is InChI=1S/C21H28N6O4/c1-3-25-9-11-26(12-10-25)20-22-18-17(19(29)23-21(30)24(18)2)27(20)13-15(28)14-31-16-7-5-4-6-8-16/h4-8,15,28H,3,9-14H2,1-2H3,(H,23,29,30)/t15-/m0/s1. The van der Waals surface area contributed by atoms with Gasteiger partial charge in [-0.05, 0) is 18.7 Å². The number of hydrogen-bond donors (Lipinski definition) is 2. The van der Waals surface area contributed by atoms with E-state index in [1.807, 2.05) is 30.3 Å². The summed E-state index contributed by atoms with van der Waals surface area (Å²) >= 11 is 0. The Morgan fingerprint density at radius 3 is 2.55 bits per heavy atom. The minimum absolute atomic E-state index is 0.0659. The van der Waals surface area contributed by atoms with E-state index < -0.39 is 17.4 Å². The highest BCUT2D eigenvalue weighted by Gasteiger charge is 2.25. The molecule has 1 saturated heterocycles. The van der Waals surface area contributed by atoms with Crippen LogP contribution in [0.1, 0.15) is 6.92 Å². The summed E-state index contributed by atoms with van der Waals surface area (Å²) in [7, 11) is 1.58. The molecule has 0 spiro atoms. The number of nitrogens with one attached hydrogen (secondary N) is 1. The van der Waals surface area contributed by atoms with Gasteiger partial charge in [-0.25, -0.2) is 4.79 Å². The summed E-state index contributed by atoms with van der Waals surface area (Å²) < 4.78 is 8.70. The van der Waals surface area contributed by atoms with E-state index in [0.29, 0.717) is 17.3 Å². The number of piperazine rings is 1. The number of nitrogens with zero attached hydrogens (tertiary/aromatic N) is 5. The Balaban J connectivity index is 1.65. The molecule has 0 amide bonds. The number of benzene rings is 1. The van der Waals surface area contributed by atoms with Crippen LogP contribution in [0.2, 0.25) is 0 Å². The van der Waals surface area contributed by atoms with Crippen molar-refractivity contribution in [3.05, 3.63) is 51.2 Å². The second-order valence-corrected chi connectivity index (χ2v) is 7.71. The van der Waals surface area contributed by atoms with E-state index in [4.69, 9.17) is 4.74 Å². The molecule has 1 aliphatic heterocycles. The minimum atomic E-state index is -0.870. The normalized spacial score (nSPS) is 16.0. The summed E-state index contributed by atoms with van der Waals surface area (Å²) in [6, 6.07) is 9.25. The molecule has 0 saturated carbocycles. The molecule has 166 valence electrons. The first-order valence-corrected chi connectivity index (χ1v) is 10.5. The highest BCUT2D eigenvalue weighted by molar-refractivity contribution is 5.74. The smallest absolute Gasteiger partial charge is 0.329 e. The fourth-order valence-electron chi connectivity index (χ4n) is 3.87. The van der Waals surface area contributed by atoms with Crippen LogP contribution in [0.4, 0.5) is 5.95 Å². The predicted molar refractivity (Wildman–Crippen MR) is 118 cm³/mol. The average Bonchev–Trinajstić information content (AvgIpc) is 3.16. The van der Waals surface area contributed by atoms with Gasteiger partial charge in [0.2, 0.25) is 5.95 Å². The van der Waals surface area contributed by atoms with E-state index in [0.717, 1.165) is 32.7 Å². The number of para-hydroxylation sites is 1. The van der Waals surface area contributed by atoms with Crippen molar-refractivity contribution in [1.82, 2.24) is 24.0 Å². The Bertz CT molecular complexity index is 1140. The van der Waals surface area contributed by atoms with Crippen LogP contribution >= 0.6 is 0 Å². The molecule has 31 heavy (non-hydrogen) atoms. The molecule has 1 aliphatic rings. The van der Waals surface area contributed by atoms with Crippen LogP contribution < -0.4 is 20.9 Å². The summed E-state index contributed by atoms with van der Waals surface area (Å²) in [6.45, 7) is 6.56. The number of hydrogen-bond acceptors (Lipinski definition) is 7. The quantitative estimate of drug-likeness (QED) is 0.546. The molecule has 1 fully saturated rings. The zero-order valence-corrected chi connectivity index (χ0v) is 17.8. The zero-order valence-electron chi connectivity index (χ0n) is 17.8. The lowest BCUT2D eigenvalue weighted by Crippen LogP contribution is -2.47. The third-order valence-electron chi connectivity index (χ3n) is 5.67. The van der Waals surface area contributed by atoms with Crippen molar-refractivity contribution < 1.29 is 9.84 Å². The number of aryl methyl sites for hydroxylation is 1. The Hall–Kier alpha value is -3.11. The molecular formula is C21H28N6O4. The highest BCUT2D eigenvalue weighted by atomic mass is 16.5. The number of fused-ring (bicyclic) bond motifs is 1. The SMILES string of the molecule is CCN1CCN(c2nc3c(c(=O)[nH]c(=O)n3C)n2C[C@H](O)COc2ccccc2)CC1. The van der Waals surface area contributed by atoms with E-state index in [1.54, 1.807) is 11.6 Å². The van der Waals surface area contributed by atoms with Crippen molar-refractivity contribution in [3.63, 3.8) is 0 Å². The number of H-pyrrole nitrogens is 1. The van der Waals surface area contributed by atoms with Crippen LogP contribution in [0.15, 0.2) is 39.9 Å². The molecule has 2 aromatic heterocycles. The largest absolute Gasteiger partial charge is 0.491 e. The van der Waals surface area contributed by atoms with E-state index in [1.165, 1.54) is 4.57 Å². The van der Waals surface area contributed by atoms with Crippen LogP contribution in [-0.2, 0) is 13.6 Å². The van der Waals surface area contributed by atoms with E-state index in [9.17, 15) is 14.7 Å². The molecule has 1 atom stereocenters. The maximum atomic E-state index is 12.7. The van der Waals surface area contributed by atoms with Gasteiger partial charge in [-0.3, -0.25) is 14.3 Å². The zero-order chi connectivity index (χ0) is 22.0. The maximum Gasteiger partial charge on any atom is 0.329 e. The first-order chi connectivity index (χ1) is 15.0. The molecule has 10 nitrogen and oxygen atoms in total. The Morgan fingerprint density at radius 2 is 1.87 bits per heavy atom. The van der Waals surface area contributed by atoms with Crippen molar-refractivity contribution in [2.45, 2.75) is 19.6 Å². The van der Waals surface area contributed by atoms with Gasteiger partial charge in [0.15, 0.2) is 11.2 Å². The molecule has 10 heteroatoms. The Labute approximate surface area is 179 Å². The first-order valence-electron chi connectivity index (χ1n) is 10.5. The number of anilines is 1. The van der Waals surface area contributed by atoms with Crippen LogP contribution in [0, 0.1) is 0 Å². The van der Waals surface area contributed by atoms with Gasteiger partial charge in [0.05, 0.1) is 6.54 Å². The number of aromatic nitrogens is 4. The van der Waals surface area contributed by atoms with E-state index >= 15 is 0 Å². The summed E-state index contributed by atoms with van der Waals surface area (Å²) in [4.78, 5) is 36.2. The number of likely N-dealkylation sites (N-methyl/N-ethyl adjacent to an activating group) is 1. The molecule has 0 bridgehead atoms. The monoisotopic (exact) mass is 428 g/mol. The number of aliphatic hydroxyl groups excluding tert-OH is 1. The third-order valence-corrected chi connectivity index (χ3v) is 5.67. The molecule has 3 heterocycles. The molecule has 2 N–H and O–H groups in total.